The summed E-state index contributed by atoms with van der Waals surface area (Å²) in [5.41, 5.74) is 2.45. The van der Waals surface area contributed by atoms with Crippen molar-refractivity contribution in [2.24, 2.45) is 0 Å². The molecule has 2 atom stereocenters. The van der Waals surface area contributed by atoms with Crippen molar-refractivity contribution < 1.29 is 18.7 Å². The lowest BCUT2D eigenvalue weighted by Gasteiger charge is -2.24. The average molecular weight is 483 g/mol. The number of nitrogens with zero attached hydrogens (tertiary/aromatic N) is 3. The standard InChI is InChI=1S/C21H23Cl2N3O4S/c1-13(27)4-3-9-26(31(29)30)21(28)15-6-8-19-20(10-15)25(14(2)24-19)12-16-5-7-17(22)11-18(16)23/h5-8,10-11,13,27H,3-4,9,12H2,1-2H3,(H,29,30)/p-1/t13-/m0/s1. The molecule has 2 aromatic carbocycles. The molecule has 31 heavy (non-hydrogen) atoms. The van der Waals surface area contributed by atoms with Gasteiger partial charge in [-0.2, -0.15) is 0 Å². The van der Waals surface area contributed by atoms with Crippen LogP contribution in [0.5, 0.6) is 0 Å². The van der Waals surface area contributed by atoms with E-state index in [1.54, 1.807) is 37.3 Å². The quantitative estimate of drug-likeness (QED) is 0.487. The van der Waals surface area contributed by atoms with Crippen molar-refractivity contribution in [3.05, 3.63) is 63.4 Å². The van der Waals surface area contributed by atoms with Crippen LogP contribution in [-0.2, 0) is 17.8 Å². The number of hydrogen-bond donors (Lipinski definition) is 1. The fraction of sp³-hybridized carbons (Fsp3) is 0.333. The second kappa shape index (κ2) is 10.1. The number of aromatic nitrogens is 2. The number of hydrogen-bond acceptors (Lipinski definition) is 5. The molecule has 0 aliphatic carbocycles. The SMILES string of the molecule is Cc1nc2ccc(C(=O)N(CCC[C@H](C)O)S(=O)[O-])cc2n1Cc1ccc(Cl)cc1Cl. The van der Waals surface area contributed by atoms with Crippen LogP contribution in [0.3, 0.4) is 0 Å². The summed E-state index contributed by atoms with van der Waals surface area (Å²) in [6.45, 7) is 3.88. The van der Waals surface area contributed by atoms with Crippen LogP contribution in [0.2, 0.25) is 10.0 Å². The highest BCUT2D eigenvalue weighted by Gasteiger charge is 2.19. The number of benzene rings is 2. The van der Waals surface area contributed by atoms with E-state index in [0.717, 1.165) is 15.7 Å². The summed E-state index contributed by atoms with van der Waals surface area (Å²) in [5, 5.41) is 10.4. The molecular weight excluding hydrogens is 461 g/mol. The molecule has 0 aliphatic heterocycles. The van der Waals surface area contributed by atoms with E-state index in [-0.39, 0.29) is 12.1 Å². The van der Waals surface area contributed by atoms with Gasteiger partial charge in [0, 0.05) is 33.4 Å². The number of aryl methyl sites for hydroxylation is 1. The molecule has 0 fully saturated rings. The first kappa shape index (κ1) is 23.7. The minimum Gasteiger partial charge on any atom is -0.755 e. The molecule has 0 aliphatic rings. The van der Waals surface area contributed by atoms with Crippen molar-refractivity contribution in [3.8, 4) is 0 Å². The fourth-order valence-electron chi connectivity index (χ4n) is 3.31. The van der Waals surface area contributed by atoms with E-state index in [4.69, 9.17) is 23.2 Å². The van der Waals surface area contributed by atoms with Gasteiger partial charge in [0.15, 0.2) is 0 Å². The van der Waals surface area contributed by atoms with Gasteiger partial charge in [0.05, 0.1) is 23.7 Å². The Morgan fingerprint density at radius 2 is 2.03 bits per heavy atom. The first-order valence-corrected chi connectivity index (χ1v) is 11.5. The van der Waals surface area contributed by atoms with Crippen molar-refractivity contribution >= 4 is 51.4 Å². The van der Waals surface area contributed by atoms with Crippen LogP contribution in [0.25, 0.3) is 11.0 Å². The van der Waals surface area contributed by atoms with Crippen molar-refractivity contribution in [1.29, 1.82) is 0 Å². The first-order chi connectivity index (χ1) is 14.7. The van der Waals surface area contributed by atoms with Gasteiger partial charge >= 0.3 is 0 Å². The van der Waals surface area contributed by atoms with Crippen molar-refractivity contribution in [3.63, 3.8) is 0 Å². The van der Waals surface area contributed by atoms with Crippen LogP contribution < -0.4 is 0 Å². The Bertz CT molecular complexity index is 1130. The maximum absolute atomic E-state index is 12.9. The maximum Gasteiger partial charge on any atom is 0.264 e. The third-order valence-corrected chi connectivity index (χ3v) is 6.21. The lowest BCUT2D eigenvalue weighted by molar-refractivity contribution is 0.0851. The Hall–Kier alpha value is -1.97. The molecule has 1 N–H and O–H groups in total. The smallest absolute Gasteiger partial charge is 0.264 e. The van der Waals surface area contributed by atoms with Gasteiger partial charge in [-0.25, -0.2) is 4.98 Å². The molecule has 1 heterocycles. The predicted octanol–water partition coefficient (Wildman–Crippen LogP) is 4.10. The van der Waals surface area contributed by atoms with Gasteiger partial charge in [0.2, 0.25) is 0 Å². The van der Waals surface area contributed by atoms with E-state index in [1.165, 1.54) is 0 Å². The summed E-state index contributed by atoms with van der Waals surface area (Å²) in [6, 6.07) is 10.1. The number of rotatable bonds is 8. The first-order valence-electron chi connectivity index (χ1n) is 9.67. The number of carbonyl (C=O) groups excluding carboxylic acids is 1. The maximum atomic E-state index is 12.9. The van der Waals surface area contributed by atoms with Gasteiger partial charge in [-0.3, -0.25) is 13.3 Å². The number of aliphatic hydroxyl groups is 1. The summed E-state index contributed by atoms with van der Waals surface area (Å²) in [5.74, 6) is 0.0996. The third kappa shape index (κ3) is 5.64. The molecular formula is C21H22Cl2N3O4S-. The third-order valence-electron chi connectivity index (χ3n) is 4.92. The van der Waals surface area contributed by atoms with Gasteiger partial charge in [-0.05, 0) is 62.6 Å². The molecule has 0 bridgehead atoms. The zero-order valence-electron chi connectivity index (χ0n) is 17.0. The fourth-order valence-corrected chi connectivity index (χ4v) is 4.30. The number of imidazole rings is 1. The number of aliphatic hydroxyl groups excluding tert-OH is 1. The highest BCUT2D eigenvalue weighted by molar-refractivity contribution is 7.77. The molecule has 0 spiro atoms. The zero-order chi connectivity index (χ0) is 22.7. The van der Waals surface area contributed by atoms with E-state index in [0.29, 0.717) is 40.5 Å². The Labute approximate surface area is 193 Å². The second-order valence-electron chi connectivity index (χ2n) is 7.30. The summed E-state index contributed by atoms with van der Waals surface area (Å²) >= 11 is 9.57. The van der Waals surface area contributed by atoms with Crippen LogP contribution in [0, 0.1) is 6.92 Å². The zero-order valence-corrected chi connectivity index (χ0v) is 19.4. The summed E-state index contributed by atoms with van der Waals surface area (Å²) < 4.78 is 25.9. The molecule has 1 unspecified atom stereocenters. The lowest BCUT2D eigenvalue weighted by Crippen LogP contribution is -2.34. The van der Waals surface area contributed by atoms with Crippen LogP contribution in [0.4, 0.5) is 0 Å². The molecule has 0 saturated carbocycles. The molecule has 0 saturated heterocycles. The summed E-state index contributed by atoms with van der Waals surface area (Å²) in [4.78, 5) is 17.4. The molecule has 0 radical (unpaired) electrons. The van der Waals surface area contributed by atoms with Crippen molar-refractivity contribution in [2.75, 3.05) is 6.54 Å². The summed E-state index contributed by atoms with van der Waals surface area (Å²) in [7, 11) is 0. The minimum absolute atomic E-state index is 0.00342. The number of halogens is 2. The highest BCUT2D eigenvalue weighted by Crippen LogP contribution is 2.25. The minimum atomic E-state index is -2.72. The average Bonchev–Trinajstić information content (AvgIpc) is 3.00. The molecule has 1 aromatic heterocycles. The monoisotopic (exact) mass is 482 g/mol. The number of amides is 1. The van der Waals surface area contributed by atoms with Gasteiger partial charge in [-0.15, -0.1) is 0 Å². The highest BCUT2D eigenvalue weighted by atomic mass is 35.5. The Morgan fingerprint density at radius 1 is 1.29 bits per heavy atom. The van der Waals surface area contributed by atoms with Crippen molar-refractivity contribution in [2.45, 2.75) is 39.3 Å². The normalized spacial score (nSPS) is 13.4. The van der Waals surface area contributed by atoms with Gasteiger partial charge in [0.25, 0.3) is 5.91 Å². The topological polar surface area (TPSA) is 98.5 Å². The van der Waals surface area contributed by atoms with Gasteiger partial charge < -0.3 is 14.2 Å². The van der Waals surface area contributed by atoms with E-state index < -0.39 is 23.3 Å². The number of fused-ring (bicyclic) bond motifs is 1. The molecule has 3 rings (SSSR count). The van der Waals surface area contributed by atoms with Gasteiger partial charge in [0.1, 0.15) is 5.82 Å². The molecule has 10 heteroatoms. The second-order valence-corrected chi connectivity index (χ2v) is 9.02. The van der Waals surface area contributed by atoms with Crippen LogP contribution in [-0.4, -0.2) is 46.3 Å². The molecule has 3 aromatic rings. The van der Waals surface area contributed by atoms with E-state index in [1.807, 2.05) is 17.6 Å². The molecule has 1 amide bonds. The Morgan fingerprint density at radius 3 is 2.68 bits per heavy atom. The van der Waals surface area contributed by atoms with Gasteiger partial charge in [-0.1, -0.05) is 29.3 Å². The van der Waals surface area contributed by atoms with E-state index >= 15 is 0 Å². The molecule has 166 valence electrons. The van der Waals surface area contributed by atoms with Crippen LogP contribution >= 0.6 is 23.2 Å². The molecule has 7 nitrogen and oxygen atoms in total. The predicted molar refractivity (Wildman–Crippen MR) is 121 cm³/mol. The van der Waals surface area contributed by atoms with Crippen LogP contribution in [0.15, 0.2) is 36.4 Å². The Kier molecular flexibility index (Phi) is 7.72. The summed E-state index contributed by atoms with van der Waals surface area (Å²) in [6.07, 6.45) is 0.199. The Balaban J connectivity index is 1.93. The van der Waals surface area contributed by atoms with E-state index in [9.17, 15) is 18.7 Å². The lowest BCUT2D eigenvalue weighted by atomic mass is 10.1. The largest absolute Gasteiger partial charge is 0.755 e. The van der Waals surface area contributed by atoms with Crippen molar-refractivity contribution in [1.82, 2.24) is 13.9 Å². The van der Waals surface area contributed by atoms with E-state index in [2.05, 4.69) is 4.98 Å². The van der Waals surface area contributed by atoms with Crippen LogP contribution in [0.1, 0.15) is 41.5 Å². The number of carbonyl (C=O) groups is 1.